The van der Waals surface area contributed by atoms with Gasteiger partial charge in [0, 0.05) is 31.0 Å². The standard InChI is InChI=1S/C20H16FN3O3/c21-17-13-15(24(26)27)8-9-16(17)20(25)23-12-11-22-10-4-7-18(22)19(23)14-5-2-1-3-6-14/h1-10,13,19H,11-12H2/t19-/m1/s1. The van der Waals surface area contributed by atoms with Crippen molar-refractivity contribution in [3.8, 4) is 0 Å². The van der Waals surface area contributed by atoms with Crippen LogP contribution in [0.2, 0.25) is 0 Å². The van der Waals surface area contributed by atoms with Gasteiger partial charge in [-0.2, -0.15) is 0 Å². The van der Waals surface area contributed by atoms with Crippen LogP contribution in [0.1, 0.15) is 27.7 Å². The molecule has 1 aliphatic rings. The predicted octanol–water partition coefficient (Wildman–Crippen LogP) is 3.78. The maximum atomic E-state index is 14.4. The molecule has 0 N–H and O–H groups in total. The molecular weight excluding hydrogens is 349 g/mol. The Balaban J connectivity index is 1.76. The lowest BCUT2D eigenvalue weighted by Gasteiger charge is -2.37. The highest BCUT2D eigenvalue weighted by atomic mass is 19.1. The summed E-state index contributed by atoms with van der Waals surface area (Å²) in [6, 6.07) is 16.2. The first-order chi connectivity index (χ1) is 13.1. The van der Waals surface area contributed by atoms with Crippen molar-refractivity contribution in [3.63, 3.8) is 0 Å². The SMILES string of the molecule is O=C(c1ccc([N+](=O)[O-])cc1F)N1CCn2cccc2[C@H]1c1ccccc1. The molecule has 0 saturated carbocycles. The molecule has 0 fully saturated rings. The number of carbonyl (C=O) groups is 1. The summed E-state index contributed by atoms with van der Waals surface area (Å²) in [5.74, 6) is -1.37. The molecule has 1 aliphatic heterocycles. The van der Waals surface area contributed by atoms with E-state index in [0.29, 0.717) is 13.1 Å². The molecule has 1 atom stereocenters. The highest BCUT2D eigenvalue weighted by molar-refractivity contribution is 5.95. The van der Waals surface area contributed by atoms with Crippen LogP contribution in [0.4, 0.5) is 10.1 Å². The van der Waals surface area contributed by atoms with Gasteiger partial charge in [0.05, 0.1) is 22.6 Å². The van der Waals surface area contributed by atoms with E-state index in [1.54, 1.807) is 4.90 Å². The predicted molar refractivity (Wildman–Crippen MR) is 96.8 cm³/mol. The molecule has 7 heteroatoms. The number of nitrogens with zero attached hydrogens (tertiary/aromatic N) is 3. The number of nitro groups is 1. The third-order valence-corrected chi connectivity index (χ3v) is 4.81. The molecule has 136 valence electrons. The molecule has 0 spiro atoms. The Morgan fingerprint density at radius 3 is 2.56 bits per heavy atom. The van der Waals surface area contributed by atoms with Crippen LogP contribution in [0.3, 0.4) is 0 Å². The average molecular weight is 365 g/mol. The van der Waals surface area contributed by atoms with E-state index in [4.69, 9.17) is 0 Å². The first-order valence-corrected chi connectivity index (χ1v) is 8.51. The first kappa shape index (κ1) is 17.0. The van der Waals surface area contributed by atoms with Crippen molar-refractivity contribution in [2.45, 2.75) is 12.6 Å². The minimum absolute atomic E-state index is 0.165. The molecule has 0 aliphatic carbocycles. The molecule has 27 heavy (non-hydrogen) atoms. The molecule has 0 unspecified atom stereocenters. The van der Waals surface area contributed by atoms with Gasteiger partial charge < -0.3 is 9.47 Å². The number of halogens is 1. The van der Waals surface area contributed by atoms with Gasteiger partial charge in [0.15, 0.2) is 0 Å². The zero-order valence-corrected chi connectivity index (χ0v) is 14.3. The van der Waals surface area contributed by atoms with Gasteiger partial charge in [-0.25, -0.2) is 4.39 Å². The molecule has 1 aromatic heterocycles. The fraction of sp³-hybridized carbons (Fsp3) is 0.150. The number of amides is 1. The summed E-state index contributed by atoms with van der Waals surface area (Å²) in [7, 11) is 0. The van der Waals surface area contributed by atoms with E-state index in [2.05, 4.69) is 4.57 Å². The molecule has 0 saturated heterocycles. The van der Waals surface area contributed by atoms with Crippen molar-refractivity contribution >= 4 is 11.6 Å². The first-order valence-electron chi connectivity index (χ1n) is 8.51. The van der Waals surface area contributed by atoms with Crippen LogP contribution in [0, 0.1) is 15.9 Å². The smallest absolute Gasteiger partial charge is 0.272 e. The third-order valence-electron chi connectivity index (χ3n) is 4.81. The van der Waals surface area contributed by atoms with Crippen LogP contribution in [-0.4, -0.2) is 26.8 Å². The Morgan fingerprint density at radius 1 is 1.07 bits per heavy atom. The van der Waals surface area contributed by atoms with Crippen LogP contribution < -0.4 is 0 Å². The summed E-state index contributed by atoms with van der Waals surface area (Å²) >= 11 is 0. The van der Waals surface area contributed by atoms with Crippen LogP contribution in [-0.2, 0) is 6.54 Å². The third kappa shape index (κ3) is 2.97. The monoisotopic (exact) mass is 365 g/mol. The summed E-state index contributed by atoms with van der Waals surface area (Å²) in [6.07, 6.45) is 1.96. The summed E-state index contributed by atoms with van der Waals surface area (Å²) in [5.41, 5.74) is 1.33. The zero-order chi connectivity index (χ0) is 19.0. The van der Waals surface area contributed by atoms with Crippen molar-refractivity contribution in [1.82, 2.24) is 9.47 Å². The fourth-order valence-corrected chi connectivity index (χ4v) is 3.53. The average Bonchev–Trinajstić information content (AvgIpc) is 3.16. The minimum atomic E-state index is -0.887. The van der Waals surface area contributed by atoms with E-state index in [1.165, 1.54) is 6.07 Å². The quantitative estimate of drug-likeness (QED) is 0.524. The second kappa shape index (κ2) is 6.68. The van der Waals surface area contributed by atoms with Crippen LogP contribution in [0.5, 0.6) is 0 Å². The van der Waals surface area contributed by atoms with E-state index < -0.39 is 16.6 Å². The second-order valence-electron chi connectivity index (χ2n) is 6.36. The van der Waals surface area contributed by atoms with Crippen molar-refractivity contribution in [3.05, 3.63) is 99.6 Å². The molecule has 4 rings (SSSR count). The number of hydrogen-bond donors (Lipinski definition) is 0. The number of nitro benzene ring substituents is 1. The number of non-ortho nitro benzene ring substituents is 1. The van der Waals surface area contributed by atoms with E-state index in [0.717, 1.165) is 23.4 Å². The summed E-state index contributed by atoms with van der Waals surface area (Å²) in [5, 5.41) is 10.8. The van der Waals surface area contributed by atoms with Gasteiger partial charge in [0.25, 0.3) is 11.6 Å². The van der Waals surface area contributed by atoms with Crippen LogP contribution in [0.15, 0.2) is 66.9 Å². The Bertz CT molecular complexity index is 1020. The van der Waals surface area contributed by atoms with E-state index >= 15 is 0 Å². The number of rotatable bonds is 3. The van der Waals surface area contributed by atoms with Crippen molar-refractivity contribution < 1.29 is 14.1 Å². The van der Waals surface area contributed by atoms with Gasteiger partial charge in [-0.15, -0.1) is 0 Å². The highest BCUT2D eigenvalue weighted by Crippen LogP contribution is 2.34. The van der Waals surface area contributed by atoms with Gasteiger partial charge in [-0.1, -0.05) is 30.3 Å². The van der Waals surface area contributed by atoms with E-state index in [1.807, 2.05) is 48.7 Å². The number of fused-ring (bicyclic) bond motifs is 1. The Morgan fingerprint density at radius 2 is 1.85 bits per heavy atom. The van der Waals surface area contributed by atoms with E-state index in [-0.39, 0.29) is 17.3 Å². The molecule has 1 amide bonds. The lowest BCUT2D eigenvalue weighted by Crippen LogP contribution is -2.42. The lowest BCUT2D eigenvalue weighted by atomic mass is 9.99. The number of carbonyl (C=O) groups excluding carboxylic acids is 1. The maximum Gasteiger partial charge on any atom is 0.272 e. The normalized spacial score (nSPS) is 16.0. The largest absolute Gasteiger partial charge is 0.348 e. The second-order valence-corrected chi connectivity index (χ2v) is 6.36. The van der Waals surface area contributed by atoms with Crippen molar-refractivity contribution in [2.24, 2.45) is 0 Å². The number of hydrogen-bond acceptors (Lipinski definition) is 3. The molecule has 6 nitrogen and oxygen atoms in total. The lowest BCUT2D eigenvalue weighted by molar-refractivity contribution is -0.385. The topological polar surface area (TPSA) is 68.4 Å². The molecule has 0 bridgehead atoms. The number of aromatic nitrogens is 1. The van der Waals surface area contributed by atoms with Gasteiger partial charge in [0.1, 0.15) is 5.82 Å². The van der Waals surface area contributed by atoms with Crippen LogP contribution >= 0.6 is 0 Å². The molecule has 3 aromatic rings. The highest BCUT2D eigenvalue weighted by Gasteiger charge is 2.33. The summed E-state index contributed by atoms with van der Waals surface area (Å²) in [4.78, 5) is 24.9. The summed E-state index contributed by atoms with van der Waals surface area (Å²) in [6.45, 7) is 1.02. The molecule has 2 aromatic carbocycles. The maximum absolute atomic E-state index is 14.4. The molecule has 0 radical (unpaired) electrons. The van der Waals surface area contributed by atoms with E-state index in [9.17, 15) is 19.3 Å². The Hall–Kier alpha value is -3.48. The zero-order valence-electron chi connectivity index (χ0n) is 14.3. The molecule has 2 heterocycles. The van der Waals surface area contributed by atoms with Gasteiger partial charge >= 0.3 is 0 Å². The fourth-order valence-electron chi connectivity index (χ4n) is 3.53. The Kier molecular flexibility index (Phi) is 4.19. The van der Waals surface area contributed by atoms with Gasteiger partial charge in [-0.3, -0.25) is 14.9 Å². The van der Waals surface area contributed by atoms with Crippen LogP contribution in [0.25, 0.3) is 0 Å². The minimum Gasteiger partial charge on any atom is -0.348 e. The van der Waals surface area contributed by atoms with Crippen molar-refractivity contribution in [2.75, 3.05) is 6.54 Å². The molecular formula is C20H16FN3O3. The van der Waals surface area contributed by atoms with Gasteiger partial charge in [-0.05, 0) is 23.8 Å². The van der Waals surface area contributed by atoms with Gasteiger partial charge in [0.2, 0.25) is 0 Å². The Labute approximate surface area is 154 Å². The summed E-state index contributed by atoms with van der Waals surface area (Å²) < 4.78 is 16.5. The van der Waals surface area contributed by atoms with Crippen molar-refractivity contribution in [1.29, 1.82) is 0 Å². The number of benzene rings is 2.